The first-order chi connectivity index (χ1) is 15.8. The molecule has 0 radical (unpaired) electrons. The number of carbonyl (C=O) groups is 1. The molecule has 11 nitrogen and oxygen atoms in total. The Morgan fingerprint density at radius 1 is 1.18 bits per heavy atom. The number of nitro benzene ring substituents is 1. The lowest BCUT2D eigenvalue weighted by atomic mass is 9.89. The zero-order valence-electron chi connectivity index (χ0n) is 18.4. The normalized spacial score (nSPS) is 15.6. The molecule has 0 aliphatic heterocycles. The van der Waals surface area contributed by atoms with Gasteiger partial charge in [-0.15, -0.1) is 0 Å². The molecule has 0 unspecified atom stereocenters. The summed E-state index contributed by atoms with van der Waals surface area (Å²) >= 11 is 0. The maximum absolute atomic E-state index is 13.3. The number of amides is 1. The second kappa shape index (κ2) is 8.93. The third-order valence-electron chi connectivity index (χ3n) is 5.89. The van der Waals surface area contributed by atoms with E-state index in [-0.39, 0.29) is 17.1 Å². The Labute approximate surface area is 189 Å². The molecule has 2 aromatic heterocycles. The van der Waals surface area contributed by atoms with Gasteiger partial charge in [0.2, 0.25) is 11.3 Å². The highest BCUT2D eigenvalue weighted by Crippen LogP contribution is 2.35. The van der Waals surface area contributed by atoms with E-state index < -0.39 is 21.8 Å². The van der Waals surface area contributed by atoms with E-state index in [2.05, 4.69) is 20.6 Å². The van der Waals surface area contributed by atoms with Crippen molar-refractivity contribution in [1.82, 2.24) is 25.2 Å². The molecule has 2 heterocycles. The highest BCUT2D eigenvalue weighted by Gasteiger charge is 2.39. The van der Waals surface area contributed by atoms with Crippen molar-refractivity contribution in [2.75, 3.05) is 0 Å². The quantitative estimate of drug-likeness (QED) is 0.353. The topological polar surface area (TPSA) is 146 Å². The molecular weight excluding hydrogens is 428 g/mol. The first-order valence-electron chi connectivity index (χ1n) is 10.8. The molecule has 0 saturated heterocycles. The van der Waals surface area contributed by atoms with Crippen molar-refractivity contribution in [1.29, 1.82) is 0 Å². The van der Waals surface area contributed by atoms with E-state index in [4.69, 9.17) is 4.52 Å². The molecule has 0 atom stereocenters. The van der Waals surface area contributed by atoms with Crippen LogP contribution in [0.4, 0.5) is 5.69 Å². The minimum Gasteiger partial charge on any atom is -0.340 e. The van der Waals surface area contributed by atoms with Gasteiger partial charge in [-0.25, -0.2) is 4.68 Å². The molecular formula is C22H24N6O5. The summed E-state index contributed by atoms with van der Waals surface area (Å²) < 4.78 is 6.41. The molecule has 11 heteroatoms. The van der Waals surface area contributed by atoms with Crippen LogP contribution in [0.5, 0.6) is 0 Å². The fourth-order valence-corrected chi connectivity index (χ4v) is 4.25. The van der Waals surface area contributed by atoms with Crippen LogP contribution in [0.1, 0.15) is 66.4 Å². The van der Waals surface area contributed by atoms with Gasteiger partial charge in [0.05, 0.1) is 4.92 Å². The largest absolute Gasteiger partial charge is 0.340 e. The fourth-order valence-electron chi connectivity index (χ4n) is 4.25. The van der Waals surface area contributed by atoms with E-state index in [1.165, 1.54) is 28.9 Å². The number of rotatable bonds is 5. The number of hydrogen-bond donors (Lipinski definition) is 1. The maximum atomic E-state index is 13.3. The summed E-state index contributed by atoms with van der Waals surface area (Å²) in [4.78, 5) is 41.4. The number of nitrogens with zero attached hydrogens (tertiary/aromatic N) is 5. The van der Waals surface area contributed by atoms with E-state index in [1.54, 1.807) is 19.9 Å². The van der Waals surface area contributed by atoms with Crippen LogP contribution in [0.2, 0.25) is 0 Å². The summed E-state index contributed by atoms with van der Waals surface area (Å²) in [5, 5.41) is 22.7. The zero-order chi connectivity index (χ0) is 23.6. The Morgan fingerprint density at radius 2 is 1.88 bits per heavy atom. The minimum absolute atomic E-state index is 0.159. The zero-order valence-corrected chi connectivity index (χ0v) is 18.4. The standard InChI is InChI=1S/C22H24N6O5/c1-14-13-18(29)19(25-27(14)16-9-5-6-10-17(16)28(31)32)20(30)24-22(11-7-3-4-8-12-22)21-23-15(2)33-26-21/h5-6,9-10,13H,3-4,7-8,11-12H2,1-2H3,(H,24,30). The Morgan fingerprint density at radius 3 is 2.52 bits per heavy atom. The molecule has 172 valence electrons. The van der Waals surface area contributed by atoms with Gasteiger partial charge >= 0.3 is 0 Å². The lowest BCUT2D eigenvalue weighted by molar-refractivity contribution is -0.384. The van der Waals surface area contributed by atoms with Gasteiger partial charge in [0.15, 0.2) is 11.5 Å². The van der Waals surface area contributed by atoms with Gasteiger partial charge in [-0.1, -0.05) is 43.0 Å². The lowest BCUT2D eigenvalue weighted by Crippen LogP contribution is -2.48. The first-order valence-corrected chi connectivity index (χ1v) is 10.8. The van der Waals surface area contributed by atoms with E-state index in [0.29, 0.717) is 30.3 Å². The highest BCUT2D eigenvalue weighted by atomic mass is 16.6. The number of carbonyl (C=O) groups excluding carboxylic acids is 1. The predicted octanol–water partition coefficient (Wildman–Crippen LogP) is 3.12. The van der Waals surface area contributed by atoms with Gasteiger partial charge in [0, 0.05) is 24.8 Å². The molecule has 1 aromatic carbocycles. The van der Waals surface area contributed by atoms with Crippen molar-refractivity contribution in [3.8, 4) is 5.69 Å². The fraction of sp³-hybridized carbons (Fsp3) is 0.409. The summed E-state index contributed by atoms with van der Waals surface area (Å²) in [6.07, 6.45) is 4.94. The van der Waals surface area contributed by atoms with Crippen LogP contribution in [0, 0.1) is 24.0 Å². The van der Waals surface area contributed by atoms with Crippen LogP contribution >= 0.6 is 0 Å². The van der Waals surface area contributed by atoms with Crippen LogP contribution in [-0.4, -0.2) is 30.8 Å². The Kier molecular flexibility index (Phi) is 6.03. The van der Waals surface area contributed by atoms with Crippen LogP contribution in [-0.2, 0) is 5.54 Å². The molecule has 1 aliphatic carbocycles. The van der Waals surface area contributed by atoms with Gasteiger partial charge in [0.1, 0.15) is 11.2 Å². The highest BCUT2D eigenvalue weighted by molar-refractivity contribution is 5.92. The number of nitro groups is 1. The van der Waals surface area contributed by atoms with Crippen LogP contribution in [0.15, 0.2) is 39.6 Å². The maximum Gasteiger partial charge on any atom is 0.294 e. The number of nitrogens with one attached hydrogen (secondary N) is 1. The second-order valence-electron chi connectivity index (χ2n) is 8.24. The van der Waals surface area contributed by atoms with Gasteiger partial charge in [0.25, 0.3) is 11.6 Å². The lowest BCUT2D eigenvalue weighted by Gasteiger charge is -2.30. The second-order valence-corrected chi connectivity index (χ2v) is 8.24. The van der Waals surface area contributed by atoms with Crippen molar-refractivity contribution in [3.63, 3.8) is 0 Å². The van der Waals surface area contributed by atoms with E-state index >= 15 is 0 Å². The van der Waals surface area contributed by atoms with E-state index in [1.807, 2.05) is 0 Å². The van der Waals surface area contributed by atoms with Crippen molar-refractivity contribution < 1.29 is 14.2 Å². The molecule has 1 amide bonds. The molecule has 0 spiro atoms. The van der Waals surface area contributed by atoms with Gasteiger partial charge in [-0.2, -0.15) is 10.1 Å². The minimum atomic E-state index is -0.881. The van der Waals surface area contributed by atoms with Crippen molar-refractivity contribution in [2.24, 2.45) is 0 Å². The van der Waals surface area contributed by atoms with Crippen molar-refractivity contribution in [3.05, 3.63) is 73.8 Å². The Bertz CT molecular complexity index is 1260. The van der Waals surface area contributed by atoms with Gasteiger partial charge in [-0.3, -0.25) is 19.7 Å². The first kappa shape index (κ1) is 22.3. The number of aromatic nitrogens is 4. The van der Waals surface area contributed by atoms with Crippen LogP contribution in [0.3, 0.4) is 0 Å². The van der Waals surface area contributed by atoms with Gasteiger partial charge in [-0.05, 0) is 25.8 Å². The smallest absolute Gasteiger partial charge is 0.294 e. The molecule has 3 aromatic rings. The number of aryl methyl sites for hydroxylation is 2. The average Bonchev–Trinajstić information content (AvgIpc) is 3.09. The number of hydrogen-bond acceptors (Lipinski definition) is 8. The van der Waals surface area contributed by atoms with Crippen LogP contribution in [0.25, 0.3) is 5.69 Å². The molecule has 1 aliphatic rings. The molecule has 1 saturated carbocycles. The van der Waals surface area contributed by atoms with E-state index in [0.717, 1.165) is 25.7 Å². The average molecular weight is 452 g/mol. The number of benzene rings is 1. The third-order valence-corrected chi connectivity index (χ3v) is 5.89. The van der Waals surface area contributed by atoms with Crippen molar-refractivity contribution >= 4 is 11.6 Å². The Hall–Kier alpha value is -3.89. The van der Waals surface area contributed by atoms with Gasteiger partial charge < -0.3 is 9.84 Å². The summed E-state index contributed by atoms with van der Waals surface area (Å²) in [5.74, 6) is 0.0770. The molecule has 1 fully saturated rings. The summed E-state index contributed by atoms with van der Waals surface area (Å²) in [5.41, 5.74) is -1.48. The summed E-state index contributed by atoms with van der Waals surface area (Å²) in [7, 11) is 0. The van der Waals surface area contributed by atoms with Crippen LogP contribution < -0.4 is 10.7 Å². The third kappa shape index (κ3) is 4.38. The molecule has 0 bridgehead atoms. The number of para-hydroxylation sites is 2. The Balaban J connectivity index is 1.76. The predicted molar refractivity (Wildman–Crippen MR) is 117 cm³/mol. The van der Waals surface area contributed by atoms with Crippen molar-refractivity contribution in [2.45, 2.75) is 57.9 Å². The molecule has 33 heavy (non-hydrogen) atoms. The SMILES string of the molecule is Cc1nc(C2(NC(=O)c3nn(-c4ccccc4[N+](=O)[O-])c(C)cc3=O)CCCCCC2)no1. The monoisotopic (exact) mass is 452 g/mol. The molecule has 4 rings (SSSR count). The summed E-state index contributed by atoms with van der Waals surface area (Å²) in [6, 6.07) is 7.26. The molecule has 1 N–H and O–H groups in total. The van der Waals surface area contributed by atoms with E-state index in [9.17, 15) is 19.7 Å². The summed E-state index contributed by atoms with van der Waals surface area (Å²) in [6.45, 7) is 3.28.